The van der Waals surface area contributed by atoms with Crippen LogP contribution in [0.5, 0.6) is 0 Å². The summed E-state index contributed by atoms with van der Waals surface area (Å²) < 4.78 is 5.07. The van der Waals surface area contributed by atoms with Gasteiger partial charge in [-0.15, -0.1) is 11.3 Å². The van der Waals surface area contributed by atoms with Gasteiger partial charge >= 0.3 is 5.97 Å². The molecule has 0 aromatic carbocycles. The highest BCUT2D eigenvalue weighted by Crippen LogP contribution is 2.24. The van der Waals surface area contributed by atoms with Gasteiger partial charge in [-0.2, -0.15) is 0 Å². The molecule has 104 valence electrons. The van der Waals surface area contributed by atoms with Crippen LogP contribution in [0.2, 0.25) is 0 Å². The lowest BCUT2D eigenvalue weighted by atomic mass is 9.89. The summed E-state index contributed by atoms with van der Waals surface area (Å²) in [6, 6.07) is 3.90. The Bertz CT molecular complexity index is 410. The van der Waals surface area contributed by atoms with Crippen molar-refractivity contribution in [2.75, 3.05) is 6.61 Å². The van der Waals surface area contributed by atoms with Crippen molar-refractivity contribution in [1.29, 1.82) is 0 Å². The zero-order valence-corrected chi connectivity index (χ0v) is 11.7. The summed E-state index contributed by atoms with van der Waals surface area (Å²) in [4.78, 5) is 24.4. The molecular formula is C14H19NO3S. The average Bonchev–Trinajstić information content (AvgIpc) is 2.96. The standard InChI is InChI=1S/C14H19NO3S/c16-13(15-9-12-7-4-8-19-12)10-18-14(17)11-5-2-1-3-6-11/h4,7-8,11H,1-3,5-6,9-10H2,(H,15,16). The topological polar surface area (TPSA) is 55.4 Å². The minimum Gasteiger partial charge on any atom is -0.455 e. The van der Waals surface area contributed by atoms with E-state index in [0.29, 0.717) is 6.54 Å². The molecule has 1 aromatic heterocycles. The van der Waals surface area contributed by atoms with Gasteiger partial charge < -0.3 is 10.1 Å². The molecule has 0 radical (unpaired) electrons. The van der Waals surface area contributed by atoms with E-state index in [-0.39, 0.29) is 24.4 Å². The van der Waals surface area contributed by atoms with Crippen LogP contribution in [0.4, 0.5) is 0 Å². The van der Waals surface area contributed by atoms with E-state index in [2.05, 4.69) is 5.32 Å². The Kier molecular flexibility index (Phi) is 5.39. The van der Waals surface area contributed by atoms with Crippen molar-refractivity contribution >= 4 is 23.2 Å². The summed E-state index contributed by atoms with van der Waals surface area (Å²) in [6.07, 6.45) is 5.17. The monoisotopic (exact) mass is 281 g/mol. The Labute approximate surface area is 117 Å². The second kappa shape index (κ2) is 7.28. The fraction of sp³-hybridized carbons (Fsp3) is 0.571. The molecule has 19 heavy (non-hydrogen) atoms. The van der Waals surface area contributed by atoms with Crippen molar-refractivity contribution in [3.8, 4) is 0 Å². The van der Waals surface area contributed by atoms with E-state index in [1.807, 2.05) is 17.5 Å². The van der Waals surface area contributed by atoms with Gasteiger partial charge in [0.2, 0.25) is 0 Å². The van der Waals surface area contributed by atoms with Gasteiger partial charge in [0.15, 0.2) is 6.61 Å². The number of hydrogen-bond acceptors (Lipinski definition) is 4. The molecule has 0 saturated heterocycles. The van der Waals surface area contributed by atoms with Crippen molar-refractivity contribution in [2.24, 2.45) is 5.92 Å². The number of hydrogen-bond donors (Lipinski definition) is 1. The highest BCUT2D eigenvalue weighted by atomic mass is 32.1. The van der Waals surface area contributed by atoms with E-state index in [0.717, 1.165) is 30.6 Å². The molecule has 4 nitrogen and oxygen atoms in total. The first kappa shape index (κ1) is 14.1. The molecule has 1 aromatic rings. The fourth-order valence-corrected chi connectivity index (χ4v) is 2.89. The third-order valence-corrected chi connectivity index (χ3v) is 4.20. The van der Waals surface area contributed by atoms with E-state index in [9.17, 15) is 9.59 Å². The maximum absolute atomic E-state index is 11.7. The summed E-state index contributed by atoms with van der Waals surface area (Å²) >= 11 is 1.59. The molecule has 0 atom stereocenters. The predicted molar refractivity (Wildman–Crippen MR) is 73.7 cm³/mol. The zero-order valence-electron chi connectivity index (χ0n) is 10.9. The summed E-state index contributed by atoms with van der Waals surface area (Å²) in [5.41, 5.74) is 0. The second-order valence-corrected chi connectivity index (χ2v) is 5.83. The van der Waals surface area contributed by atoms with Crippen LogP contribution in [0.15, 0.2) is 17.5 Å². The first-order valence-corrected chi connectivity index (χ1v) is 7.59. The highest BCUT2D eigenvalue weighted by Gasteiger charge is 2.22. The molecule has 1 saturated carbocycles. The van der Waals surface area contributed by atoms with E-state index in [1.165, 1.54) is 6.42 Å². The lowest BCUT2D eigenvalue weighted by Crippen LogP contribution is -2.30. The molecule has 0 spiro atoms. The number of carbonyl (C=O) groups is 2. The molecule has 0 aliphatic heterocycles. The number of thiophene rings is 1. The van der Waals surface area contributed by atoms with Gasteiger partial charge in [0.25, 0.3) is 5.91 Å². The van der Waals surface area contributed by atoms with Crippen LogP contribution < -0.4 is 5.32 Å². The van der Waals surface area contributed by atoms with Gasteiger partial charge in [0.1, 0.15) is 0 Å². The first-order chi connectivity index (χ1) is 9.25. The number of amides is 1. The first-order valence-electron chi connectivity index (χ1n) is 6.71. The molecule has 1 N–H and O–H groups in total. The van der Waals surface area contributed by atoms with Crippen LogP contribution in [-0.2, 0) is 20.9 Å². The number of carbonyl (C=O) groups excluding carboxylic acids is 2. The maximum atomic E-state index is 11.7. The lowest BCUT2D eigenvalue weighted by Gasteiger charge is -2.19. The van der Waals surface area contributed by atoms with Crippen LogP contribution in [-0.4, -0.2) is 18.5 Å². The van der Waals surface area contributed by atoms with Gasteiger partial charge in [0, 0.05) is 4.88 Å². The number of esters is 1. The van der Waals surface area contributed by atoms with E-state index in [4.69, 9.17) is 4.74 Å². The number of nitrogens with one attached hydrogen (secondary N) is 1. The Morgan fingerprint density at radius 3 is 2.79 bits per heavy atom. The minimum atomic E-state index is -0.238. The van der Waals surface area contributed by atoms with Crippen LogP contribution in [0.3, 0.4) is 0 Å². The molecular weight excluding hydrogens is 262 g/mol. The van der Waals surface area contributed by atoms with Crippen molar-refractivity contribution in [2.45, 2.75) is 38.6 Å². The molecule has 1 heterocycles. The van der Waals surface area contributed by atoms with Crippen molar-refractivity contribution in [3.05, 3.63) is 22.4 Å². The number of ether oxygens (including phenoxy) is 1. The van der Waals surface area contributed by atoms with Crippen molar-refractivity contribution in [3.63, 3.8) is 0 Å². The Morgan fingerprint density at radius 2 is 2.11 bits per heavy atom. The highest BCUT2D eigenvalue weighted by molar-refractivity contribution is 7.09. The number of rotatable bonds is 5. The van der Waals surface area contributed by atoms with Gasteiger partial charge in [0.05, 0.1) is 12.5 Å². The van der Waals surface area contributed by atoms with Gasteiger partial charge in [-0.1, -0.05) is 25.3 Å². The third-order valence-electron chi connectivity index (χ3n) is 3.32. The Hall–Kier alpha value is -1.36. The lowest BCUT2D eigenvalue weighted by molar-refractivity contribution is -0.153. The van der Waals surface area contributed by atoms with Crippen molar-refractivity contribution < 1.29 is 14.3 Å². The largest absolute Gasteiger partial charge is 0.455 e. The molecule has 1 aliphatic carbocycles. The summed E-state index contributed by atoms with van der Waals surface area (Å²) in [7, 11) is 0. The van der Waals surface area contributed by atoms with E-state index >= 15 is 0 Å². The van der Waals surface area contributed by atoms with Gasteiger partial charge in [-0.25, -0.2) is 0 Å². The molecule has 2 rings (SSSR count). The quantitative estimate of drug-likeness (QED) is 0.844. The summed E-state index contributed by atoms with van der Waals surface area (Å²) in [5, 5.41) is 4.70. The van der Waals surface area contributed by atoms with Crippen LogP contribution in [0.1, 0.15) is 37.0 Å². The zero-order chi connectivity index (χ0) is 13.5. The maximum Gasteiger partial charge on any atom is 0.309 e. The Morgan fingerprint density at radius 1 is 1.32 bits per heavy atom. The summed E-state index contributed by atoms with van der Waals surface area (Å²) in [5.74, 6) is -0.456. The minimum absolute atomic E-state index is 0.00107. The molecule has 1 aliphatic rings. The fourth-order valence-electron chi connectivity index (χ4n) is 2.24. The molecule has 1 fully saturated rings. The van der Waals surface area contributed by atoms with Gasteiger partial charge in [-0.3, -0.25) is 9.59 Å². The average molecular weight is 281 g/mol. The SMILES string of the molecule is O=C(COC(=O)C1CCCCC1)NCc1cccs1. The van der Waals surface area contributed by atoms with Crippen LogP contribution in [0, 0.1) is 5.92 Å². The normalized spacial score (nSPS) is 16.0. The third kappa shape index (κ3) is 4.67. The predicted octanol–water partition coefficient (Wildman–Crippen LogP) is 2.49. The summed E-state index contributed by atoms with van der Waals surface area (Å²) in [6.45, 7) is 0.332. The molecule has 1 amide bonds. The van der Waals surface area contributed by atoms with Crippen LogP contribution in [0.25, 0.3) is 0 Å². The molecule has 0 bridgehead atoms. The molecule has 0 unspecified atom stereocenters. The Balaban J connectivity index is 1.64. The van der Waals surface area contributed by atoms with Crippen LogP contribution >= 0.6 is 11.3 Å². The van der Waals surface area contributed by atoms with E-state index in [1.54, 1.807) is 11.3 Å². The van der Waals surface area contributed by atoms with Gasteiger partial charge in [-0.05, 0) is 24.3 Å². The second-order valence-electron chi connectivity index (χ2n) is 4.80. The molecule has 5 heteroatoms. The smallest absolute Gasteiger partial charge is 0.309 e. The van der Waals surface area contributed by atoms with Crippen molar-refractivity contribution in [1.82, 2.24) is 5.32 Å². The van der Waals surface area contributed by atoms with E-state index < -0.39 is 0 Å².